The number of carbonyl (C=O) groups excluding carboxylic acids is 1. The van der Waals surface area contributed by atoms with Gasteiger partial charge in [-0.05, 0) is 37.1 Å². The lowest BCUT2D eigenvalue weighted by molar-refractivity contribution is 0.0694. The summed E-state index contributed by atoms with van der Waals surface area (Å²) in [6.07, 6.45) is 0.696. The number of rotatable bonds is 3. The van der Waals surface area contributed by atoms with Gasteiger partial charge in [0.2, 0.25) is 0 Å². The maximum atomic E-state index is 12.8. The molecule has 144 valence electrons. The lowest BCUT2D eigenvalue weighted by Crippen LogP contribution is -2.42. The minimum atomic E-state index is -3.42. The Balaban J connectivity index is 1.51. The number of benzene rings is 2. The van der Waals surface area contributed by atoms with E-state index in [0.717, 1.165) is 0 Å². The van der Waals surface area contributed by atoms with Gasteiger partial charge in [-0.3, -0.25) is 9.59 Å². The van der Waals surface area contributed by atoms with Crippen molar-refractivity contribution in [2.24, 2.45) is 0 Å². The first-order valence-corrected chi connectivity index (χ1v) is 10.6. The van der Waals surface area contributed by atoms with Crippen LogP contribution < -0.4 is 5.43 Å². The third-order valence-corrected chi connectivity index (χ3v) is 7.36. The van der Waals surface area contributed by atoms with Crippen molar-refractivity contribution in [1.82, 2.24) is 4.90 Å². The van der Waals surface area contributed by atoms with E-state index in [1.807, 2.05) is 0 Å². The van der Waals surface area contributed by atoms with Gasteiger partial charge in [-0.2, -0.15) is 0 Å². The predicted octanol–water partition coefficient (Wildman–Crippen LogP) is 2.87. The molecule has 2 heterocycles. The Morgan fingerprint density at radius 3 is 2.32 bits per heavy atom. The van der Waals surface area contributed by atoms with Crippen LogP contribution in [-0.4, -0.2) is 37.6 Å². The SMILES string of the molecule is O=C(c1cc(=O)c2ccccc2o1)N1CCC(S(=O)(=O)c2ccccc2)CC1. The van der Waals surface area contributed by atoms with Gasteiger partial charge in [-0.15, -0.1) is 0 Å². The van der Waals surface area contributed by atoms with Crippen LogP contribution in [0, 0.1) is 0 Å². The summed E-state index contributed by atoms with van der Waals surface area (Å²) in [5.74, 6) is -0.411. The molecule has 0 aliphatic carbocycles. The molecule has 0 bridgehead atoms. The Morgan fingerprint density at radius 2 is 1.61 bits per heavy atom. The molecule has 0 N–H and O–H groups in total. The van der Waals surface area contributed by atoms with Gasteiger partial charge in [0, 0.05) is 19.2 Å². The van der Waals surface area contributed by atoms with Crippen molar-refractivity contribution in [3.8, 4) is 0 Å². The highest BCUT2D eigenvalue weighted by Crippen LogP contribution is 2.25. The van der Waals surface area contributed by atoms with Crippen molar-refractivity contribution >= 4 is 26.7 Å². The number of carbonyl (C=O) groups is 1. The standard InChI is InChI=1S/C21H19NO5S/c23-18-14-20(27-19-9-5-4-8-17(18)19)21(24)22-12-10-16(11-13-22)28(25,26)15-6-2-1-3-7-15/h1-9,14,16H,10-13H2. The molecule has 1 aromatic heterocycles. The fraction of sp³-hybridized carbons (Fsp3) is 0.238. The number of nitrogens with zero attached hydrogens (tertiary/aromatic N) is 1. The van der Waals surface area contributed by atoms with E-state index in [4.69, 9.17) is 4.42 Å². The van der Waals surface area contributed by atoms with E-state index >= 15 is 0 Å². The number of hydrogen-bond acceptors (Lipinski definition) is 5. The van der Waals surface area contributed by atoms with Crippen LogP contribution in [0.25, 0.3) is 11.0 Å². The molecule has 1 aliphatic rings. The molecule has 0 unspecified atom stereocenters. The summed E-state index contributed by atoms with van der Waals surface area (Å²) in [4.78, 5) is 26.8. The van der Waals surface area contributed by atoms with E-state index in [2.05, 4.69) is 0 Å². The second-order valence-electron chi connectivity index (χ2n) is 6.82. The molecule has 1 fully saturated rings. The monoisotopic (exact) mass is 397 g/mol. The lowest BCUT2D eigenvalue weighted by atomic mass is 10.1. The first-order valence-electron chi connectivity index (χ1n) is 9.08. The van der Waals surface area contributed by atoms with Crippen LogP contribution in [-0.2, 0) is 9.84 Å². The van der Waals surface area contributed by atoms with Crippen molar-refractivity contribution in [3.05, 3.63) is 76.6 Å². The van der Waals surface area contributed by atoms with E-state index in [1.54, 1.807) is 59.5 Å². The summed E-state index contributed by atoms with van der Waals surface area (Å²) in [7, 11) is -3.42. The molecule has 0 spiro atoms. The molecule has 1 amide bonds. The van der Waals surface area contributed by atoms with E-state index in [0.29, 0.717) is 41.8 Å². The molecule has 28 heavy (non-hydrogen) atoms. The number of para-hydroxylation sites is 1. The van der Waals surface area contributed by atoms with Crippen LogP contribution in [0.3, 0.4) is 0 Å². The van der Waals surface area contributed by atoms with Gasteiger partial charge in [0.05, 0.1) is 15.5 Å². The van der Waals surface area contributed by atoms with Crippen molar-refractivity contribution in [2.75, 3.05) is 13.1 Å². The van der Waals surface area contributed by atoms with Gasteiger partial charge in [-0.25, -0.2) is 8.42 Å². The third-order valence-electron chi connectivity index (χ3n) is 5.09. The van der Waals surface area contributed by atoms with Crippen molar-refractivity contribution in [1.29, 1.82) is 0 Å². The predicted molar refractivity (Wildman–Crippen MR) is 105 cm³/mol. The summed E-state index contributed by atoms with van der Waals surface area (Å²) < 4.78 is 31.1. The smallest absolute Gasteiger partial charge is 0.289 e. The molecular formula is C21H19NO5S. The molecule has 4 rings (SSSR count). The summed E-state index contributed by atoms with van der Waals surface area (Å²) in [5.41, 5.74) is 0.0895. The van der Waals surface area contributed by atoms with Gasteiger partial charge in [0.25, 0.3) is 5.91 Å². The Morgan fingerprint density at radius 1 is 0.964 bits per heavy atom. The van der Waals surface area contributed by atoms with E-state index in [9.17, 15) is 18.0 Å². The molecule has 1 aliphatic heterocycles. The second-order valence-corrected chi connectivity index (χ2v) is 9.05. The van der Waals surface area contributed by atoms with Crippen LogP contribution in [0.5, 0.6) is 0 Å². The summed E-state index contributed by atoms with van der Waals surface area (Å²) in [6.45, 7) is 0.595. The number of likely N-dealkylation sites (tertiary alicyclic amines) is 1. The molecule has 6 nitrogen and oxygen atoms in total. The number of fused-ring (bicyclic) bond motifs is 1. The minimum absolute atomic E-state index is 0.0203. The van der Waals surface area contributed by atoms with Crippen LogP contribution in [0.15, 0.2) is 74.8 Å². The molecule has 3 aromatic rings. The molecule has 7 heteroatoms. The van der Waals surface area contributed by atoms with Crippen molar-refractivity contribution in [2.45, 2.75) is 23.0 Å². The third kappa shape index (κ3) is 3.33. The maximum Gasteiger partial charge on any atom is 0.289 e. The van der Waals surface area contributed by atoms with Crippen LogP contribution >= 0.6 is 0 Å². The van der Waals surface area contributed by atoms with E-state index in [-0.39, 0.29) is 11.2 Å². The van der Waals surface area contributed by atoms with Crippen molar-refractivity contribution < 1.29 is 17.6 Å². The number of sulfone groups is 1. The van der Waals surface area contributed by atoms with E-state index in [1.165, 1.54) is 6.07 Å². The fourth-order valence-corrected chi connectivity index (χ4v) is 5.29. The van der Waals surface area contributed by atoms with Gasteiger partial charge in [-0.1, -0.05) is 30.3 Å². The largest absolute Gasteiger partial charge is 0.451 e. The molecule has 1 saturated heterocycles. The van der Waals surface area contributed by atoms with Crippen molar-refractivity contribution in [3.63, 3.8) is 0 Å². The first kappa shape index (κ1) is 18.4. The zero-order valence-corrected chi connectivity index (χ0v) is 15.9. The molecular weight excluding hydrogens is 378 g/mol. The number of amides is 1. The van der Waals surface area contributed by atoms with Gasteiger partial charge < -0.3 is 9.32 Å². The second kappa shape index (κ2) is 7.24. The molecule has 2 aromatic carbocycles. The lowest BCUT2D eigenvalue weighted by Gasteiger charge is -2.31. The quantitative estimate of drug-likeness (QED) is 0.678. The molecule has 0 radical (unpaired) electrons. The highest BCUT2D eigenvalue weighted by Gasteiger charge is 2.33. The average Bonchev–Trinajstić information content (AvgIpc) is 2.74. The Bertz CT molecular complexity index is 1180. The Kier molecular flexibility index (Phi) is 4.77. The molecule has 0 saturated carbocycles. The zero-order valence-electron chi connectivity index (χ0n) is 15.1. The number of hydrogen-bond donors (Lipinski definition) is 0. The normalized spacial score (nSPS) is 15.6. The van der Waals surface area contributed by atoms with Crippen LogP contribution in [0.4, 0.5) is 0 Å². The first-order chi connectivity index (χ1) is 13.5. The highest BCUT2D eigenvalue weighted by atomic mass is 32.2. The van der Waals surface area contributed by atoms with Gasteiger partial charge >= 0.3 is 0 Å². The maximum absolute atomic E-state index is 12.8. The summed E-state index contributed by atoms with van der Waals surface area (Å²) in [5, 5.41) is -0.103. The molecule has 0 atom stereocenters. The van der Waals surface area contributed by atoms with E-state index < -0.39 is 21.0 Å². The highest BCUT2D eigenvalue weighted by molar-refractivity contribution is 7.92. The van der Waals surface area contributed by atoms with Crippen LogP contribution in [0.2, 0.25) is 0 Å². The number of piperidine rings is 1. The Hall–Kier alpha value is -2.93. The topological polar surface area (TPSA) is 84.7 Å². The Labute approximate surface area is 162 Å². The summed E-state index contributed by atoms with van der Waals surface area (Å²) in [6, 6.07) is 16.3. The fourth-order valence-electron chi connectivity index (χ4n) is 3.54. The zero-order chi connectivity index (χ0) is 19.7. The minimum Gasteiger partial charge on any atom is -0.451 e. The summed E-state index contributed by atoms with van der Waals surface area (Å²) >= 11 is 0. The average molecular weight is 397 g/mol. The van der Waals surface area contributed by atoms with Gasteiger partial charge in [0.1, 0.15) is 5.58 Å². The van der Waals surface area contributed by atoms with Crippen LogP contribution in [0.1, 0.15) is 23.4 Å². The van der Waals surface area contributed by atoms with Gasteiger partial charge in [0.15, 0.2) is 21.0 Å².